The molecule has 0 radical (unpaired) electrons. The van der Waals surface area contributed by atoms with E-state index in [4.69, 9.17) is 25.8 Å². The topological polar surface area (TPSA) is 73.7 Å². The van der Waals surface area contributed by atoms with Crippen molar-refractivity contribution in [3.8, 4) is 17.4 Å². The Labute approximate surface area is 127 Å². The molecule has 2 rings (SSSR count). The van der Waals surface area contributed by atoms with Gasteiger partial charge in [0.1, 0.15) is 11.8 Å². The molecule has 0 spiro atoms. The lowest BCUT2D eigenvalue weighted by Gasteiger charge is -2.17. The number of hydrogen-bond donors (Lipinski definition) is 1. The van der Waals surface area contributed by atoms with Gasteiger partial charge in [-0.2, -0.15) is 0 Å². The molecule has 2 aromatic rings. The third-order valence-electron chi connectivity index (χ3n) is 2.95. The number of ether oxygens (including phenoxy) is 3. The Kier molecular flexibility index (Phi) is 4.82. The molecule has 0 aliphatic rings. The minimum atomic E-state index is -1.10. The Hall–Kier alpha value is -2.05. The first-order valence-electron chi connectivity index (χ1n) is 6.07. The molecule has 0 bridgehead atoms. The van der Waals surface area contributed by atoms with Crippen LogP contribution >= 0.6 is 11.6 Å². The fourth-order valence-corrected chi connectivity index (χ4v) is 2.28. The second-order valence-corrected chi connectivity index (χ2v) is 4.44. The number of benzene rings is 1. The van der Waals surface area contributed by atoms with E-state index in [1.807, 2.05) is 0 Å². The van der Waals surface area contributed by atoms with Gasteiger partial charge in [-0.1, -0.05) is 17.7 Å². The Morgan fingerprint density at radius 3 is 2.38 bits per heavy atom. The van der Waals surface area contributed by atoms with Crippen LogP contribution in [0.5, 0.6) is 17.4 Å². The lowest BCUT2D eigenvalue weighted by atomic mass is 10.1. The van der Waals surface area contributed by atoms with Crippen LogP contribution in [0.4, 0.5) is 0 Å². The number of aliphatic hydroxyl groups excluding tert-OH is 1. The van der Waals surface area contributed by atoms with Crippen molar-refractivity contribution >= 4 is 11.6 Å². The third kappa shape index (κ3) is 2.86. The van der Waals surface area contributed by atoms with Crippen LogP contribution in [0.1, 0.15) is 17.4 Å². The molecule has 21 heavy (non-hydrogen) atoms. The average Bonchev–Trinajstić information content (AvgIpc) is 2.53. The van der Waals surface area contributed by atoms with Crippen LogP contribution < -0.4 is 14.2 Å². The van der Waals surface area contributed by atoms with Gasteiger partial charge >= 0.3 is 0 Å². The fourth-order valence-electron chi connectivity index (χ4n) is 1.94. The van der Waals surface area contributed by atoms with Crippen molar-refractivity contribution < 1.29 is 19.3 Å². The van der Waals surface area contributed by atoms with Gasteiger partial charge in [-0.25, -0.2) is 4.98 Å². The summed E-state index contributed by atoms with van der Waals surface area (Å²) in [6, 6.07) is 3.30. The summed E-state index contributed by atoms with van der Waals surface area (Å²) in [5.41, 5.74) is 0.697. The zero-order chi connectivity index (χ0) is 15.4. The molecule has 7 heteroatoms. The Morgan fingerprint density at radius 1 is 1.05 bits per heavy atom. The highest BCUT2D eigenvalue weighted by Gasteiger charge is 2.23. The summed E-state index contributed by atoms with van der Waals surface area (Å²) < 4.78 is 15.5. The van der Waals surface area contributed by atoms with Crippen molar-refractivity contribution in [2.24, 2.45) is 0 Å². The average molecular weight is 311 g/mol. The van der Waals surface area contributed by atoms with Crippen LogP contribution in [-0.4, -0.2) is 36.4 Å². The molecule has 6 nitrogen and oxygen atoms in total. The molecule has 1 N–H and O–H groups in total. The largest absolute Gasteiger partial charge is 0.493 e. The maximum atomic E-state index is 10.5. The number of aliphatic hydroxyl groups is 1. The van der Waals surface area contributed by atoms with Crippen molar-refractivity contribution in [3.63, 3.8) is 0 Å². The van der Waals surface area contributed by atoms with E-state index in [1.54, 1.807) is 12.1 Å². The van der Waals surface area contributed by atoms with E-state index in [0.29, 0.717) is 17.1 Å². The lowest BCUT2D eigenvalue weighted by molar-refractivity contribution is 0.207. The highest BCUT2D eigenvalue weighted by molar-refractivity contribution is 6.33. The van der Waals surface area contributed by atoms with E-state index in [2.05, 4.69) is 9.97 Å². The van der Waals surface area contributed by atoms with Crippen LogP contribution in [0.3, 0.4) is 0 Å². The van der Waals surface area contributed by atoms with Gasteiger partial charge in [0, 0.05) is 18.0 Å². The molecule has 0 saturated heterocycles. The van der Waals surface area contributed by atoms with Crippen LogP contribution in [0.25, 0.3) is 0 Å². The predicted molar refractivity (Wildman–Crippen MR) is 77.2 cm³/mol. The summed E-state index contributed by atoms with van der Waals surface area (Å²) in [7, 11) is 4.44. The lowest BCUT2D eigenvalue weighted by Crippen LogP contribution is -2.07. The highest BCUT2D eigenvalue weighted by atomic mass is 35.5. The predicted octanol–water partition coefficient (Wildman–Crippen LogP) is 2.24. The van der Waals surface area contributed by atoms with E-state index < -0.39 is 6.10 Å². The molecule has 0 aliphatic heterocycles. The molecule has 1 atom stereocenters. The molecule has 1 aromatic heterocycles. The normalized spacial score (nSPS) is 11.9. The number of nitrogens with zero attached hydrogens (tertiary/aromatic N) is 2. The summed E-state index contributed by atoms with van der Waals surface area (Å²) >= 11 is 6.28. The van der Waals surface area contributed by atoms with E-state index in [0.717, 1.165) is 0 Å². The zero-order valence-electron chi connectivity index (χ0n) is 11.8. The van der Waals surface area contributed by atoms with Gasteiger partial charge in [0.25, 0.3) is 0 Å². The smallest absolute Gasteiger partial charge is 0.238 e. The van der Waals surface area contributed by atoms with Crippen molar-refractivity contribution in [1.82, 2.24) is 9.97 Å². The molecule has 112 valence electrons. The van der Waals surface area contributed by atoms with Crippen molar-refractivity contribution in [3.05, 3.63) is 40.8 Å². The van der Waals surface area contributed by atoms with E-state index >= 15 is 0 Å². The first-order chi connectivity index (χ1) is 10.1. The Morgan fingerprint density at radius 2 is 1.76 bits per heavy atom. The number of halogens is 1. The summed E-state index contributed by atoms with van der Waals surface area (Å²) in [6.45, 7) is 0. The molecule has 0 fully saturated rings. The third-order valence-corrected chi connectivity index (χ3v) is 3.34. The standard InChI is InChI=1S/C14H15ClN2O4/c1-19-9-5-4-8(10(15)13(9)20-2)12(18)11-14(21-3)17-7-6-16-11/h4-7,12,18H,1-3H3. The van der Waals surface area contributed by atoms with Gasteiger partial charge < -0.3 is 19.3 Å². The second kappa shape index (κ2) is 6.60. The van der Waals surface area contributed by atoms with E-state index in [9.17, 15) is 5.11 Å². The van der Waals surface area contributed by atoms with E-state index in [1.165, 1.54) is 33.7 Å². The maximum Gasteiger partial charge on any atom is 0.238 e. The van der Waals surface area contributed by atoms with Gasteiger partial charge in [-0.3, -0.25) is 4.98 Å². The van der Waals surface area contributed by atoms with Crippen LogP contribution in [0.2, 0.25) is 5.02 Å². The number of methoxy groups -OCH3 is 3. The maximum absolute atomic E-state index is 10.5. The first kappa shape index (κ1) is 15.3. The van der Waals surface area contributed by atoms with Crippen molar-refractivity contribution in [2.45, 2.75) is 6.10 Å². The number of rotatable bonds is 5. The molecule has 0 amide bonds. The summed E-state index contributed by atoms with van der Waals surface area (Å²) in [6.07, 6.45) is 1.85. The van der Waals surface area contributed by atoms with Crippen LogP contribution in [0, 0.1) is 0 Å². The van der Waals surface area contributed by atoms with Crippen LogP contribution in [0.15, 0.2) is 24.5 Å². The minimum Gasteiger partial charge on any atom is -0.493 e. The Balaban J connectivity index is 2.51. The Bertz CT molecular complexity index is 636. The van der Waals surface area contributed by atoms with Gasteiger partial charge in [0.15, 0.2) is 11.5 Å². The monoisotopic (exact) mass is 310 g/mol. The van der Waals surface area contributed by atoms with Gasteiger partial charge in [0.2, 0.25) is 5.88 Å². The number of aromatic nitrogens is 2. The van der Waals surface area contributed by atoms with Crippen LogP contribution in [-0.2, 0) is 0 Å². The molecule has 0 saturated carbocycles. The van der Waals surface area contributed by atoms with Crippen molar-refractivity contribution in [2.75, 3.05) is 21.3 Å². The molecular weight excluding hydrogens is 296 g/mol. The summed E-state index contributed by atoms with van der Waals surface area (Å²) in [4.78, 5) is 8.10. The van der Waals surface area contributed by atoms with Crippen molar-refractivity contribution in [1.29, 1.82) is 0 Å². The molecule has 0 aliphatic carbocycles. The molecular formula is C14H15ClN2O4. The zero-order valence-corrected chi connectivity index (χ0v) is 12.6. The highest BCUT2D eigenvalue weighted by Crippen LogP contribution is 2.41. The fraction of sp³-hybridized carbons (Fsp3) is 0.286. The minimum absolute atomic E-state index is 0.232. The number of hydrogen-bond acceptors (Lipinski definition) is 6. The van der Waals surface area contributed by atoms with Gasteiger partial charge in [-0.05, 0) is 6.07 Å². The van der Waals surface area contributed by atoms with Gasteiger partial charge in [0.05, 0.1) is 26.4 Å². The quantitative estimate of drug-likeness (QED) is 0.913. The summed E-state index contributed by atoms with van der Waals surface area (Å²) in [5.74, 6) is 1.05. The first-order valence-corrected chi connectivity index (χ1v) is 6.45. The van der Waals surface area contributed by atoms with Gasteiger partial charge in [-0.15, -0.1) is 0 Å². The van der Waals surface area contributed by atoms with E-state index in [-0.39, 0.29) is 16.6 Å². The molecule has 1 unspecified atom stereocenters. The summed E-state index contributed by atoms with van der Waals surface area (Å²) in [5, 5.41) is 10.8. The second-order valence-electron chi connectivity index (χ2n) is 4.06. The molecule has 1 heterocycles. The SMILES string of the molecule is COc1ccc(C(O)c2nccnc2OC)c(Cl)c1OC. The molecule has 1 aromatic carbocycles.